The third-order valence-corrected chi connectivity index (χ3v) is 4.76. The van der Waals surface area contributed by atoms with E-state index >= 15 is 0 Å². The molecule has 0 N–H and O–H groups in total. The van der Waals surface area contributed by atoms with Gasteiger partial charge in [-0.1, -0.05) is 12.1 Å². The molecule has 2 aromatic rings. The minimum atomic E-state index is 0.131. The maximum Gasteiger partial charge on any atom is 0.145 e. The topological polar surface area (TPSA) is 43.8 Å². The average Bonchev–Trinajstić information content (AvgIpc) is 3.45. The summed E-state index contributed by atoms with van der Waals surface area (Å²) < 4.78 is 17.1. The Morgan fingerprint density at radius 3 is 3.00 bits per heavy atom. The third kappa shape index (κ3) is 3.32. The highest BCUT2D eigenvalue weighted by molar-refractivity contribution is 5.95. The first-order valence-corrected chi connectivity index (χ1v) is 8.71. The Morgan fingerprint density at radius 2 is 2.17 bits per heavy atom. The van der Waals surface area contributed by atoms with E-state index in [1.165, 1.54) is 18.5 Å². The molecule has 1 saturated carbocycles. The van der Waals surface area contributed by atoms with E-state index in [1.54, 1.807) is 7.11 Å². The van der Waals surface area contributed by atoms with Gasteiger partial charge >= 0.3 is 0 Å². The number of nitrogens with zero attached hydrogens (tertiary/aromatic N) is 2. The lowest BCUT2D eigenvalue weighted by atomic mass is 10.1. The predicted molar refractivity (Wildman–Crippen MR) is 93.8 cm³/mol. The largest absolute Gasteiger partial charge is 0.494 e. The van der Waals surface area contributed by atoms with Gasteiger partial charge in [-0.05, 0) is 30.9 Å². The molecule has 1 aromatic carbocycles. The van der Waals surface area contributed by atoms with Crippen LogP contribution in [0.1, 0.15) is 12.8 Å². The molecule has 1 aromatic heterocycles. The zero-order valence-electron chi connectivity index (χ0n) is 14.1. The summed E-state index contributed by atoms with van der Waals surface area (Å²) in [4.78, 5) is 6.87. The van der Waals surface area contributed by atoms with Gasteiger partial charge in [-0.25, -0.2) is 0 Å². The summed E-state index contributed by atoms with van der Waals surface area (Å²) in [6, 6.07) is 8.15. The molecule has 1 aliphatic heterocycles. The van der Waals surface area contributed by atoms with E-state index in [-0.39, 0.29) is 6.10 Å². The summed E-state index contributed by atoms with van der Waals surface area (Å²) in [7, 11) is 1.69. The molecular formula is C19H24N2O3. The van der Waals surface area contributed by atoms with Crippen LogP contribution in [0.5, 0.6) is 5.75 Å². The molecule has 1 unspecified atom stereocenters. The highest BCUT2D eigenvalue weighted by atomic mass is 16.5. The average molecular weight is 328 g/mol. The molecule has 1 aliphatic carbocycles. The summed E-state index contributed by atoms with van der Waals surface area (Å²) in [5, 5.41) is 1.12. The fourth-order valence-electron chi connectivity index (χ4n) is 3.26. The van der Waals surface area contributed by atoms with Gasteiger partial charge in [0.1, 0.15) is 11.3 Å². The first-order chi connectivity index (χ1) is 11.8. The number of hydrogen-bond acceptors (Lipinski definition) is 5. The Kier molecular flexibility index (Phi) is 4.54. The van der Waals surface area contributed by atoms with Gasteiger partial charge in [0.05, 0.1) is 26.4 Å². The predicted octanol–water partition coefficient (Wildman–Crippen LogP) is 2.88. The van der Waals surface area contributed by atoms with E-state index in [4.69, 9.17) is 14.2 Å². The van der Waals surface area contributed by atoms with E-state index < -0.39 is 0 Å². The van der Waals surface area contributed by atoms with Gasteiger partial charge in [0.2, 0.25) is 0 Å². The van der Waals surface area contributed by atoms with Gasteiger partial charge in [-0.2, -0.15) is 0 Å². The number of aromatic nitrogens is 1. The number of rotatable bonds is 6. The van der Waals surface area contributed by atoms with Gasteiger partial charge in [0.25, 0.3) is 0 Å². The number of benzene rings is 1. The Labute approximate surface area is 142 Å². The molecule has 1 saturated heterocycles. The van der Waals surface area contributed by atoms with Crippen LogP contribution in [0.15, 0.2) is 30.5 Å². The number of hydrogen-bond donors (Lipinski definition) is 0. The standard InChI is InChI=1S/C19H24N2O3/c1-22-18-4-2-3-16-17(7-8-20-19(16)18)21-9-10-24-15(11-21)13-23-12-14-5-6-14/h2-4,7-8,14-15H,5-6,9-13H2,1H3. The number of morpholine rings is 1. The van der Waals surface area contributed by atoms with Crippen molar-refractivity contribution in [2.75, 3.05) is 44.9 Å². The molecule has 0 radical (unpaired) electrons. The lowest BCUT2D eigenvalue weighted by molar-refractivity contribution is -0.0257. The molecule has 5 heteroatoms. The smallest absolute Gasteiger partial charge is 0.145 e. The Hall–Kier alpha value is -1.85. The second-order valence-corrected chi connectivity index (χ2v) is 6.61. The van der Waals surface area contributed by atoms with Crippen LogP contribution in [0.4, 0.5) is 5.69 Å². The quantitative estimate of drug-likeness (QED) is 0.816. The van der Waals surface area contributed by atoms with E-state index in [1.807, 2.05) is 18.3 Å². The van der Waals surface area contributed by atoms with Gasteiger partial charge in [0, 0.05) is 37.0 Å². The second-order valence-electron chi connectivity index (χ2n) is 6.61. The summed E-state index contributed by atoms with van der Waals surface area (Å²) >= 11 is 0. The van der Waals surface area contributed by atoms with E-state index in [2.05, 4.69) is 22.0 Å². The first kappa shape index (κ1) is 15.7. The number of fused-ring (bicyclic) bond motifs is 1. The van der Waals surface area contributed by atoms with Crippen molar-refractivity contribution in [2.45, 2.75) is 18.9 Å². The number of ether oxygens (including phenoxy) is 3. The van der Waals surface area contributed by atoms with Gasteiger partial charge in [-0.3, -0.25) is 4.98 Å². The van der Waals surface area contributed by atoms with Crippen molar-refractivity contribution in [3.05, 3.63) is 30.5 Å². The molecular weight excluding hydrogens is 304 g/mol. The highest BCUT2D eigenvalue weighted by Gasteiger charge is 2.25. The van der Waals surface area contributed by atoms with Crippen molar-refractivity contribution in [3.63, 3.8) is 0 Å². The molecule has 0 amide bonds. The van der Waals surface area contributed by atoms with Gasteiger partial charge in [0.15, 0.2) is 0 Å². The van der Waals surface area contributed by atoms with Crippen LogP contribution in [0, 0.1) is 5.92 Å². The molecule has 5 nitrogen and oxygen atoms in total. The van der Waals surface area contributed by atoms with Crippen LogP contribution in [0.3, 0.4) is 0 Å². The lowest BCUT2D eigenvalue weighted by Gasteiger charge is -2.35. The van der Waals surface area contributed by atoms with E-state index in [0.717, 1.165) is 48.9 Å². The Balaban J connectivity index is 1.50. The molecule has 128 valence electrons. The summed E-state index contributed by atoms with van der Waals surface area (Å²) in [5.74, 6) is 1.60. The number of pyridine rings is 1. The molecule has 0 bridgehead atoms. The van der Waals surface area contributed by atoms with Crippen LogP contribution in [0.2, 0.25) is 0 Å². The van der Waals surface area contributed by atoms with Crippen LogP contribution in [-0.2, 0) is 9.47 Å². The van der Waals surface area contributed by atoms with Crippen molar-refractivity contribution in [3.8, 4) is 5.75 Å². The molecule has 2 aliphatic rings. The van der Waals surface area contributed by atoms with Crippen LogP contribution < -0.4 is 9.64 Å². The van der Waals surface area contributed by atoms with Crippen molar-refractivity contribution in [2.24, 2.45) is 5.92 Å². The molecule has 0 spiro atoms. The normalized spacial score (nSPS) is 21.2. The fourth-order valence-corrected chi connectivity index (χ4v) is 3.26. The maximum absolute atomic E-state index is 5.88. The number of anilines is 1. The van der Waals surface area contributed by atoms with Crippen molar-refractivity contribution < 1.29 is 14.2 Å². The van der Waals surface area contributed by atoms with Crippen LogP contribution >= 0.6 is 0 Å². The van der Waals surface area contributed by atoms with Gasteiger partial charge < -0.3 is 19.1 Å². The third-order valence-electron chi connectivity index (χ3n) is 4.76. The molecule has 24 heavy (non-hydrogen) atoms. The highest BCUT2D eigenvalue weighted by Crippen LogP contribution is 2.32. The monoisotopic (exact) mass is 328 g/mol. The fraction of sp³-hybridized carbons (Fsp3) is 0.526. The number of methoxy groups -OCH3 is 1. The molecule has 1 atom stereocenters. The minimum absolute atomic E-state index is 0.131. The Bertz CT molecular complexity index is 702. The molecule has 4 rings (SSSR count). The minimum Gasteiger partial charge on any atom is -0.494 e. The van der Waals surface area contributed by atoms with E-state index in [0.29, 0.717) is 6.61 Å². The molecule has 2 heterocycles. The lowest BCUT2D eigenvalue weighted by Crippen LogP contribution is -2.44. The summed E-state index contributed by atoms with van der Waals surface area (Å²) in [5.41, 5.74) is 2.10. The second kappa shape index (κ2) is 6.95. The number of para-hydroxylation sites is 1. The maximum atomic E-state index is 5.88. The van der Waals surface area contributed by atoms with E-state index in [9.17, 15) is 0 Å². The Morgan fingerprint density at radius 1 is 1.25 bits per heavy atom. The van der Waals surface area contributed by atoms with Crippen LogP contribution in [0.25, 0.3) is 10.9 Å². The zero-order valence-corrected chi connectivity index (χ0v) is 14.1. The van der Waals surface area contributed by atoms with Crippen molar-refractivity contribution >= 4 is 16.6 Å². The SMILES string of the molecule is COc1cccc2c(N3CCOC(COCC4CC4)C3)ccnc12. The van der Waals surface area contributed by atoms with Crippen LogP contribution in [-0.4, -0.2) is 51.1 Å². The summed E-state index contributed by atoms with van der Waals surface area (Å²) in [6.45, 7) is 4.02. The van der Waals surface area contributed by atoms with Crippen molar-refractivity contribution in [1.29, 1.82) is 0 Å². The molecule has 2 fully saturated rings. The summed E-state index contributed by atoms with van der Waals surface area (Å²) in [6.07, 6.45) is 4.63. The zero-order chi connectivity index (χ0) is 16.4. The van der Waals surface area contributed by atoms with Gasteiger partial charge in [-0.15, -0.1) is 0 Å². The van der Waals surface area contributed by atoms with Crippen molar-refractivity contribution in [1.82, 2.24) is 4.98 Å². The first-order valence-electron chi connectivity index (χ1n) is 8.71.